The van der Waals surface area contributed by atoms with Crippen LogP contribution in [0.4, 0.5) is 0 Å². The van der Waals surface area contributed by atoms with Gasteiger partial charge in [0.25, 0.3) is 0 Å². The Morgan fingerprint density at radius 2 is 2.20 bits per heavy atom. The first-order valence-corrected chi connectivity index (χ1v) is 4.82. The van der Waals surface area contributed by atoms with Gasteiger partial charge in [-0.1, -0.05) is 15.9 Å². The highest BCUT2D eigenvalue weighted by atomic mass is 79.9. The van der Waals surface area contributed by atoms with E-state index in [4.69, 9.17) is 0 Å². The van der Waals surface area contributed by atoms with Gasteiger partial charge in [-0.2, -0.15) is 0 Å². The molecule has 0 saturated carbocycles. The van der Waals surface area contributed by atoms with Crippen LogP contribution in [0, 0.1) is 6.92 Å². The smallest absolute Gasteiger partial charge is 0.0413 e. The molecule has 0 fully saturated rings. The molecule has 0 unspecified atom stereocenters. The van der Waals surface area contributed by atoms with E-state index in [1.807, 2.05) is 12.4 Å². The second-order valence-corrected chi connectivity index (χ2v) is 3.45. The Morgan fingerprint density at radius 1 is 1.50 bits per heavy atom. The SMILES string of the molecule is Cc1c(Br)cncc1CBr. The Balaban J connectivity index is 3.14. The standard InChI is InChI=1S/C7H7Br2N/c1-5-6(2-8)3-10-4-7(5)9/h3-4H,2H2,1H3. The fraction of sp³-hybridized carbons (Fsp3) is 0.286. The van der Waals surface area contributed by atoms with Crippen LogP contribution in [0.1, 0.15) is 11.1 Å². The summed E-state index contributed by atoms with van der Waals surface area (Å²) in [5.74, 6) is 0. The second kappa shape index (κ2) is 3.49. The molecule has 0 spiro atoms. The normalized spacial score (nSPS) is 9.90. The summed E-state index contributed by atoms with van der Waals surface area (Å²) in [5.41, 5.74) is 2.49. The molecule has 10 heavy (non-hydrogen) atoms. The van der Waals surface area contributed by atoms with Crippen molar-refractivity contribution in [2.45, 2.75) is 12.3 Å². The van der Waals surface area contributed by atoms with Gasteiger partial charge in [-0.15, -0.1) is 0 Å². The predicted molar refractivity (Wildman–Crippen MR) is 49.3 cm³/mol. The second-order valence-electron chi connectivity index (χ2n) is 2.04. The van der Waals surface area contributed by atoms with Crippen LogP contribution in [0.5, 0.6) is 0 Å². The van der Waals surface area contributed by atoms with Crippen LogP contribution in [0.2, 0.25) is 0 Å². The summed E-state index contributed by atoms with van der Waals surface area (Å²) in [6.45, 7) is 2.07. The summed E-state index contributed by atoms with van der Waals surface area (Å²) in [6.07, 6.45) is 3.68. The van der Waals surface area contributed by atoms with Gasteiger partial charge in [0.1, 0.15) is 0 Å². The Morgan fingerprint density at radius 3 is 2.70 bits per heavy atom. The molecule has 0 aliphatic heterocycles. The zero-order valence-corrected chi connectivity index (χ0v) is 8.74. The summed E-state index contributed by atoms with van der Waals surface area (Å²) < 4.78 is 1.07. The molecule has 54 valence electrons. The Labute approximate surface area is 77.1 Å². The van der Waals surface area contributed by atoms with Crippen molar-refractivity contribution in [2.24, 2.45) is 0 Å². The molecule has 0 bridgehead atoms. The van der Waals surface area contributed by atoms with Gasteiger partial charge in [-0.05, 0) is 34.0 Å². The minimum Gasteiger partial charge on any atom is -0.263 e. The number of hydrogen-bond acceptors (Lipinski definition) is 1. The lowest BCUT2D eigenvalue weighted by Gasteiger charge is -2.01. The van der Waals surface area contributed by atoms with E-state index in [-0.39, 0.29) is 0 Å². The third-order valence-electron chi connectivity index (χ3n) is 1.40. The average molecular weight is 265 g/mol. The summed E-state index contributed by atoms with van der Waals surface area (Å²) in [6, 6.07) is 0. The fourth-order valence-corrected chi connectivity index (χ4v) is 1.61. The van der Waals surface area contributed by atoms with Gasteiger partial charge in [-0.3, -0.25) is 4.98 Å². The number of nitrogens with zero attached hydrogens (tertiary/aromatic N) is 1. The predicted octanol–water partition coefficient (Wildman–Crippen LogP) is 3.05. The molecular weight excluding hydrogens is 258 g/mol. The summed E-state index contributed by atoms with van der Waals surface area (Å²) in [5, 5.41) is 0.866. The zero-order chi connectivity index (χ0) is 7.56. The number of rotatable bonds is 1. The lowest BCUT2D eigenvalue weighted by molar-refractivity contribution is 1.18. The first-order chi connectivity index (χ1) is 4.75. The molecule has 0 N–H and O–H groups in total. The molecule has 1 aromatic rings. The molecule has 1 rings (SSSR count). The molecule has 0 atom stereocenters. The lowest BCUT2D eigenvalue weighted by atomic mass is 10.2. The fourth-order valence-electron chi connectivity index (χ4n) is 0.674. The van der Waals surface area contributed by atoms with Crippen molar-refractivity contribution < 1.29 is 0 Å². The van der Waals surface area contributed by atoms with Crippen LogP contribution in [-0.4, -0.2) is 4.98 Å². The molecule has 0 saturated heterocycles. The van der Waals surface area contributed by atoms with Crippen molar-refractivity contribution in [3.05, 3.63) is 28.0 Å². The maximum Gasteiger partial charge on any atom is 0.0413 e. The molecule has 0 aromatic carbocycles. The maximum atomic E-state index is 4.04. The van der Waals surface area contributed by atoms with Crippen molar-refractivity contribution in [2.75, 3.05) is 0 Å². The largest absolute Gasteiger partial charge is 0.263 e. The number of halogens is 2. The molecule has 0 radical (unpaired) electrons. The van der Waals surface area contributed by atoms with E-state index in [2.05, 4.69) is 43.8 Å². The Kier molecular flexibility index (Phi) is 2.86. The summed E-state index contributed by atoms with van der Waals surface area (Å²) in [7, 11) is 0. The van der Waals surface area contributed by atoms with Crippen molar-refractivity contribution in [1.29, 1.82) is 0 Å². The summed E-state index contributed by atoms with van der Waals surface area (Å²) in [4.78, 5) is 4.04. The van der Waals surface area contributed by atoms with E-state index in [1.54, 1.807) is 0 Å². The number of pyridine rings is 1. The quantitative estimate of drug-likeness (QED) is 0.711. The van der Waals surface area contributed by atoms with Gasteiger partial charge in [-0.25, -0.2) is 0 Å². The van der Waals surface area contributed by atoms with Crippen LogP contribution < -0.4 is 0 Å². The van der Waals surface area contributed by atoms with E-state index in [0.29, 0.717) is 0 Å². The Bertz CT molecular complexity index is 235. The molecule has 3 heteroatoms. The average Bonchev–Trinajstić information content (AvgIpc) is 1.95. The van der Waals surface area contributed by atoms with Crippen LogP contribution in [0.15, 0.2) is 16.9 Å². The third-order valence-corrected chi connectivity index (χ3v) is 2.81. The lowest BCUT2D eigenvalue weighted by Crippen LogP contribution is -1.86. The molecule has 0 aliphatic rings. The topological polar surface area (TPSA) is 12.9 Å². The van der Waals surface area contributed by atoms with Gasteiger partial charge in [0.2, 0.25) is 0 Å². The maximum absolute atomic E-state index is 4.04. The molecule has 1 nitrogen and oxygen atoms in total. The van der Waals surface area contributed by atoms with E-state index < -0.39 is 0 Å². The van der Waals surface area contributed by atoms with E-state index in [1.165, 1.54) is 11.1 Å². The minimum atomic E-state index is 0.866. The number of hydrogen-bond donors (Lipinski definition) is 0. The number of alkyl halides is 1. The van der Waals surface area contributed by atoms with Crippen molar-refractivity contribution in [3.8, 4) is 0 Å². The van der Waals surface area contributed by atoms with Crippen LogP contribution in [-0.2, 0) is 5.33 Å². The van der Waals surface area contributed by atoms with Crippen molar-refractivity contribution >= 4 is 31.9 Å². The van der Waals surface area contributed by atoms with Gasteiger partial charge >= 0.3 is 0 Å². The van der Waals surface area contributed by atoms with Crippen LogP contribution >= 0.6 is 31.9 Å². The van der Waals surface area contributed by atoms with Gasteiger partial charge in [0.05, 0.1) is 0 Å². The Hall–Kier alpha value is 0.110. The number of aromatic nitrogens is 1. The highest BCUT2D eigenvalue weighted by Gasteiger charge is 1.98. The highest BCUT2D eigenvalue weighted by Crippen LogP contribution is 2.19. The third kappa shape index (κ3) is 1.58. The molecule has 1 heterocycles. The van der Waals surface area contributed by atoms with E-state index >= 15 is 0 Å². The molecule has 1 aromatic heterocycles. The van der Waals surface area contributed by atoms with Gasteiger partial charge in [0.15, 0.2) is 0 Å². The van der Waals surface area contributed by atoms with Crippen molar-refractivity contribution in [1.82, 2.24) is 4.98 Å². The van der Waals surface area contributed by atoms with E-state index in [9.17, 15) is 0 Å². The molecule has 0 aliphatic carbocycles. The van der Waals surface area contributed by atoms with Crippen LogP contribution in [0.25, 0.3) is 0 Å². The summed E-state index contributed by atoms with van der Waals surface area (Å²) >= 11 is 6.79. The van der Waals surface area contributed by atoms with Crippen molar-refractivity contribution in [3.63, 3.8) is 0 Å². The minimum absolute atomic E-state index is 0.866. The monoisotopic (exact) mass is 263 g/mol. The van der Waals surface area contributed by atoms with E-state index in [0.717, 1.165) is 9.80 Å². The van der Waals surface area contributed by atoms with Gasteiger partial charge < -0.3 is 0 Å². The first kappa shape index (κ1) is 8.21. The molecule has 0 amide bonds. The highest BCUT2D eigenvalue weighted by molar-refractivity contribution is 9.10. The molecular formula is C7H7Br2N. The first-order valence-electron chi connectivity index (χ1n) is 2.90. The van der Waals surface area contributed by atoms with Gasteiger partial charge in [0, 0.05) is 22.2 Å². The van der Waals surface area contributed by atoms with Crippen LogP contribution in [0.3, 0.4) is 0 Å². The zero-order valence-electron chi connectivity index (χ0n) is 5.56.